The van der Waals surface area contributed by atoms with E-state index in [0.29, 0.717) is 11.4 Å². The molecule has 0 bridgehead atoms. The Morgan fingerprint density at radius 2 is 1.83 bits per heavy atom. The lowest BCUT2D eigenvalue weighted by atomic mass is 10.3. The van der Waals surface area contributed by atoms with E-state index >= 15 is 0 Å². The fourth-order valence-electron chi connectivity index (χ4n) is 2.56. The Morgan fingerprint density at radius 3 is 2.45 bits per heavy atom. The van der Waals surface area contributed by atoms with Gasteiger partial charge < -0.3 is 5.32 Å². The van der Waals surface area contributed by atoms with Crippen LogP contribution in [0, 0.1) is 5.82 Å². The number of rotatable bonds is 6. The minimum absolute atomic E-state index is 0.141. The van der Waals surface area contributed by atoms with Gasteiger partial charge >= 0.3 is 0 Å². The first kappa shape index (κ1) is 20.7. The Kier molecular flexibility index (Phi) is 5.81. The van der Waals surface area contributed by atoms with Crippen molar-refractivity contribution in [1.29, 1.82) is 0 Å². The summed E-state index contributed by atoms with van der Waals surface area (Å²) in [5.74, 6) is -0.864. The smallest absolute Gasteiger partial charge is 0.276 e. The van der Waals surface area contributed by atoms with Crippen LogP contribution < -0.4 is 5.32 Å². The molecule has 9 heteroatoms. The standard InChI is InChI=1S/C20H21FN4O3S/c1-14(2)24(3)29(27,28)18-9-7-16(8-10-18)22-20(26)19-11-12-25(23-19)17-6-4-5-15(21)13-17/h4-14H,1-3H3,(H,22,26). The van der Waals surface area contributed by atoms with E-state index in [4.69, 9.17) is 0 Å². The highest BCUT2D eigenvalue weighted by Gasteiger charge is 2.23. The van der Waals surface area contributed by atoms with Gasteiger partial charge in [-0.2, -0.15) is 9.40 Å². The van der Waals surface area contributed by atoms with Gasteiger partial charge in [-0.3, -0.25) is 4.79 Å². The zero-order valence-corrected chi connectivity index (χ0v) is 17.0. The van der Waals surface area contributed by atoms with E-state index in [0.717, 1.165) is 0 Å². The molecule has 2 aromatic carbocycles. The largest absolute Gasteiger partial charge is 0.321 e. The topological polar surface area (TPSA) is 84.3 Å². The Hall–Kier alpha value is -3.04. The van der Waals surface area contributed by atoms with Gasteiger partial charge in [0.15, 0.2) is 5.69 Å². The number of nitrogens with one attached hydrogen (secondary N) is 1. The van der Waals surface area contributed by atoms with Crippen LogP contribution in [-0.4, -0.2) is 41.5 Å². The number of carbonyl (C=O) groups excluding carboxylic acids is 1. The number of hydrogen-bond acceptors (Lipinski definition) is 4. The molecule has 1 heterocycles. The molecule has 152 valence electrons. The maximum absolute atomic E-state index is 13.3. The van der Waals surface area contributed by atoms with Crippen molar-refractivity contribution in [3.8, 4) is 5.69 Å². The third-order valence-corrected chi connectivity index (χ3v) is 6.46. The summed E-state index contributed by atoms with van der Waals surface area (Å²) in [6.45, 7) is 3.57. The maximum Gasteiger partial charge on any atom is 0.276 e. The van der Waals surface area contributed by atoms with Gasteiger partial charge in [-0.15, -0.1) is 0 Å². The molecule has 0 saturated carbocycles. The lowest BCUT2D eigenvalue weighted by Gasteiger charge is -2.21. The van der Waals surface area contributed by atoms with Crippen molar-refractivity contribution in [2.24, 2.45) is 0 Å². The predicted octanol–water partition coefficient (Wildman–Crippen LogP) is 3.29. The molecule has 0 aliphatic rings. The number of benzene rings is 2. The van der Waals surface area contributed by atoms with E-state index in [2.05, 4.69) is 10.4 Å². The number of amides is 1. The number of aromatic nitrogens is 2. The number of nitrogens with zero attached hydrogens (tertiary/aromatic N) is 3. The van der Waals surface area contributed by atoms with Crippen molar-refractivity contribution >= 4 is 21.6 Å². The first-order valence-corrected chi connectivity index (χ1v) is 10.3. The Morgan fingerprint density at radius 1 is 1.14 bits per heavy atom. The van der Waals surface area contributed by atoms with E-state index < -0.39 is 21.7 Å². The average molecular weight is 416 g/mol. The summed E-state index contributed by atoms with van der Waals surface area (Å²) in [6, 6.07) is 13.1. The number of hydrogen-bond donors (Lipinski definition) is 1. The van der Waals surface area contributed by atoms with Gasteiger partial charge in [0, 0.05) is 25.0 Å². The monoisotopic (exact) mass is 416 g/mol. The normalized spacial score (nSPS) is 11.8. The van der Waals surface area contributed by atoms with Gasteiger partial charge in [0.05, 0.1) is 10.6 Å². The van der Waals surface area contributed by atoms with Crippen LogP contribution in [0.3, 0.4) is 0 Å². The minimum atomic E-state index is -3.59. The molecule has 0 radical (unpaired) electrons. The van der Waals surface area contributed by atoms with Gasteiger partial charge in [0.2, 0.25) is 10.0 Å². The zero-order chi connectivity index (χ0) is 21.2. The quantitative estimate of drug-likeness (QED) is 0.668. The second kappa shape index (κ2) is 8.14. The fourth-order valence-corrected chi connectivity index (χ4v) is 3.92. The lowest BCUT2D eigenvalue weighted by Crippen LogP contribution is -2.33. The van der Waals surface area contributed by atoms with Gasteiger partial charge in [-0.1, -0.05) is 6.07 Å². The maximum atomic E-state index is 13.3. The van der Waals surface area contributed by atoms with Gasteiger partial charge in [0.25, 0.3) is 5.91 Å². The molecule has 0 unspecified atom stereocenters. The SMILES string of the molecule is CC(C)N(C)S(=O)(=O)c1ccc(NC(=O)c2ccn(-c3cccc(F)c3)n2)cc1. The Bertz CT molecular complexity index is 1120. The summed E-state index contributed by atoms with van der Waals surface area (Å²) in [5, 5.41) is 6.82. The third-order valence-electron chi connectivity index (χ3n) is 4.41. The molecule has 3 rings (SSSR count). The van der Waals surface area contributed by atoms with E-state index in [1.165, 1.54) is 58.5 Å². The third kappa shape index (κ3) is 4.52. The lowest BCUT2D eigenvalue weighted by molar-refractivity contribution is 0.102. The molecule has 0 saturated heterocycles. The summed E-state index contributed by atoms with van der Waals surface area (Å²) >= 11 is 0. The molecular weight excluding hydrogens is 395 g/mol. The molecule has 0 spiro atoms. The van der Waals surface area contributed by atoms with Crippen molar-refractivity contribution in [2.75, 3.05) is 12.4 Å². The summed E-state index contributed by atoms with van der Waals surface area (Å²) in [5.41, 5.74) is 1.07. The van der Waals surface area contributed by atoms with Crippen molar-refractivity contribution in [2.45, 2.75) is 24.8 Å². The summed E-state index contributed by atoms with van der Waals surface area (Å²) < 4.78 is 41.0. The van der Waals surface area contributed by atoms with Crippen LogP contribution in [0.25, 0.3) is 5.69 Å². The molecule has 0 aliphatic heterocycles. The molecule has 1 N–H and O–H groups in total. The van der Waals surface area contributed by atoms with Crippen molar-refractivity contribution in [1.82, 2.24) is 14.1 Å². The predicted molar refractivity (Wildman–Crippen MR) is 108 cm³/mol. The van der Waals surface area contributed by atoms with Gasteiger partial charge in [-0.05, 0) is 62.4 Å². The van der Waals surface area contributed by atoms with Crippen LogP contribution in [-0.2, 0) is 10.0 Å². The minimum Gasteiger partial charge on any atom is -0.321 e. The summed E-state index contributed by atoms with van der Waals surface area (Å²) in [6.07, 6.45) is 1.56. The number of carbonyl (C=O) groups is 1. The van der Waals surface area contributed by atoms with Crippen molar-refractivity contribution in [3.05, 3.63) is 72.3 Å². The molecule has 0 atom stereocenters. The first-order valence-electron chi connectivity index (χ1n) is 8.89. The van der Waals surface area contributed by atoms with E-state index in [9.17, 15) is 17.6 Å². The summed E-state index contributed by atoms with van der Waals surface area (Å²) in [7, 11) is -2.07. The van der Waals surface area contributed by atoms with Gasteiger partial charge in [0.1, 0.15) is 5.82 Å². The molecule has 0 aliphatic carbocycles. The highest BCUT2D eigenvalue weighted by molar-refractivity contribution is 7.89. The van der Waals surface area contributed by atoms with Crippen LogP contribution in [0.1, 0.15) is 24.3 Å². The Labute approximate surface area is 168 Å². The molecular formula is C20H21FN4O3S. The molecule has 1 aromatic heterocycles. The highest BCUT2D eigenvalue weighted by Crippen LogP contribution is 2.19. The van der Waals surface area contributed by atoms with Crippen LogP contribution in [0.2, 0.25) is 0 Å². The van der Waals surface area contributed by atoms with Crippen molar-refractivity contribution < 1.29 is 17.6 Å². The molecule has 1 amide bonds. The molecule has 7 nitrogen and oxygen atoms in total. The summed E-state index contributed by atoms with van der Waals surface area (Å²) in [4.78, 5) is 12.6. The van der Waals surface area contributed by atoms with Crippen LogP contribution in [0.5, 0.6) is 0 Å². The number of sulfonamides is 1. The average Bonchev–Trinajstić information content (AvgIpc) is 3.18. The Balaban J connectivity index is 1.73. The highest BCUT2D eigenvalue weighted by atomic mass is 32.2. The fraction of sp³-hybridized carbons (Fsp3) is 0.200. The van der Waals surface area contributed by atoms with E-state index in [1.807, 2.05) is 0 Å². The molecule has 0 fully saturated rings. The first-order chi connectivity index (χ1) is 13.7. The van der Waals surface area contributed by atoms with Crippen LogP contribution in [0.4, 0.5) is 10.1 Å². The molecule has 3 aromatic rings. The second-order valence-corrected chi connectivity index (χ2v) is 8.72. The number of anilines is 1. The van der Waals surface area contributed by atoms with E-state index in [-0.39, 0.29) is 16.6 Å². The second-order valence-electron chi connectivity index (χ2n) is 6.72. The van der Waals surface area contributed by atoms with Crippen molar-refractivity contribution in [3.63, 3.8) is 0 Å². The van der Waals surface area contributed by atoms with Crippen LogP contribution >= 0.6 is 0 Å². The molecule has 29 heavy (non-hydrogen) atoms. The number of halogens is 1. The van der Waals surface area contributed by atoms with E-state index in [1.54, 1.807) is 32.2 Å². The zero-order valence-electron chi connectivity index (χ0n) is 16.2. The van der Waals surface area contributed by atoms with Gasteiger partial charge in [-0.25, -0.2) is 17.5 Å². The van der Waals surface area contributed by atoms with Crippen LogP contribution in [0.15, 0.2) is 65.7 Å².